The van der Waals surface area contributed by atoms with Crippen LogP contribution in [0.3, 0.4) is 0 Å². The van der Waals surface area contributed by atoms with Crippen LogP contribution in [0.1, 0.15) is 23.6 Å². The summed E-state index contributed by atoms with van der Waals surface area (Å²) in [7, 11) is 0. The Morgan fingerprint density at radius 2 is 1.58 bits per heavy atom. The number of aryl methyl sites for hydroxylation is 3. The third-order valence-corrected chi connectivity index (χ3v) is 4.86. The van der Waals surface area contributed by atoms with Gasteiger partial charge in [-0.3, -0.25) is 9.59 Å². The summed E-state index contributed by atoms with van der Waals surface area (Å²) in [6, 6.07) is 12.0. The normalized spacial score (nSPS) is 21.7. The maximum atomic E-state index is 13.0. The largest absolute Gasteiger partial charge is 0.271 e. The number of carbonyl (C=O) groups is 2. The predicted molar refractivity (Wildman–Crippen MR) is 99.1 cm³/mol. The van der Waals surface area contributed by atoms with E-state index in [4.69, 9.17) is 0 Å². The number of anilines is 2. The molecule has 1 fully saturated rings. The summed E-state index contributed by atoms with van der Waals surface area (Å²) >= 11 is 0. The molecule has 4 rings (SSSR count). The van der Waals surface area contributed by atoms with Gasteiger partial charge in [-0.15, -0.1) is 0 Å². The van der Waals surface area contributed by atoms with E-state index in [1.165, 1.54) is 4.90 Å². The van der Waals surface area contributed by atoms with Crippen molar-refractivity contribution in [2.24, 2.45) is 10.3 Å². The molecule has 132 valence electrons. The maximum absolute atomic E-state index is 13.0. The molecular weight excluding hydrogens is 328 g/mol. The number of benzene rings is 2. The Labute approximate surface area is 152 Å². The van der Waals surface area contributed by atoms with Crippen LogP contribution in [0, 0.1) is 13.8 Å². The Morgan fingerprint density at radius 1 is 0.923 bits per heavy atom. The van der Waals surface area contributed by atoms with Gasteiger partial charge in [0.25, 0.3) is 11.8 Å². The van der Waals surface area contributed by atoms with Crippen molar-refractivity contribution in [1.82, 2.24) is 0 Å². The SMILES string of the molecule is CCc1ccc(N2C(=O)[C@@H]3N=NN(c4cc(C)cc(C)c4)[C@H]3C2=O)cc1. The van der Waals surface area contributed by atoms with Crippen molar-refractivity contribution < 1.29 is 9.59 Å². The summed E-state index contributed by atoms with van der Waals surface area (Å²) in [6.45, 7) is 6.04. The summed E-state index contributed by atoms with van der Waals surface area (Å²) in [6.07, 6.45) is 0.905. The molecule has 0 aliphatic carbocycles. The number of amides is 2. The molecule has 2 aromatic carbocycles. The van der Waals surface area contributed by atoms with Crippen molar-refractivity contribution in [2.75, 3.05) is 9.91 Å². The first kappa shape index (κ1) is 16.4. The molecule has 0 aromatic heterocycles. The van der Waals surface area contributed by atoms with Crippen LogP contribution in [0.5, 0.6) is 0 Å². The van der Waals surface area contributed by atoms with Crippen molar-refractivity contribution in [3.05, 3.63) is 59.2 Å². The summed E-state index contributed by atoms with van der Waals surface area (Å²) in [4.78, 5) is 27.1. The van der Waals surface area contributed by atoms with Gasteiger partial charge in [0.1, 0.15) is 0 Å². The lowest BCUT2D eigenvalue weighted by Crippen LogP contribution is -2.40. The zero-order chi connectivity index (χ0) is 18.4. The van der Waals surface area contributed by atoms with Crippen molar-refractivity contribution in [3.8, 4) is 0 Å². The van der Waals surface area contributed by atoms with E-state index < -0.39 is 12.1 Å². The maximum Gasteiger partial charge on any atom is 0.263 e. The average molecular weight is 348 g/mol. The molecule has 1 saturated heterocycles. The number of nitrogens with zero attached hydrogens (tertiary/aromatic N) is 4. The van der Waals surface area contributed by atoms with Crippen LogP contribution >= 0.6 is 0 Å². The first-order chi connectivity index (χ1) is 12.5. The highest BCUT2D eigenvalue weighted by Gasteiger charge is 2.55. The first-order valence-electron chi connectivity index (χ1n) is 8.74. The molecule has 0 saturated carbocycles. The van der Waals surface area contributed by atoms with Crippen molar-refractivity contribution in [2.45, 2.75) is 39.3 Å². The highest BCUT2D eigenvalue weighted by molar-refractivity contribution is 6.26. The van der Waals surface area contributed by atoms with Gasteiger partial charge in [-0.25, -0.2) is 9.91 Å². The predicted octanol–water partition coefficient (Wildman–Crippen LogP) is 3.36. The lowest BCUT2D eigenvalue weighted by Gasteiger charge is -2.21. The Hall–Kier alpha value is -3.02. The fourth-order valence-electron chi connectivity index (χ4n) is 3.59. The van der Waals surface area contributed by atoms with Gasteiger partial charge in [-0.2, -0.15) is 5.11 Å². The van der Waals surface area contributed by atoms with Crippen LogP contribution in [0.4, 0.5) is 11.4 Å². The number of hydrogen-bond donors (Lipinski definition) is 0. The number of fused-ring (bicyclic) bond motifs is 1. The van der Waals surface area contributed by atoms with Crippen molar-refractivity contribution >= 4 is 23.2 Å². The molecule has 0 bridgehead atoms. The van der Waals surface area contributed by atoms with Gasteiger partial charge < -0.3 is 0 Å². The molecule has 0 radical (unpaired) electrons. The molecular formula is C20H20N4O2. The third kappa shape index (κ3) is 2.49. The van der Waals surface area contributed by atoms with E-state index in [0.29, 0.717) is 5.69 Å². The Morgan fingerprint density at radius 3 is 2.19 bits per heavy atom. The standard InChI is InChI=1S/C20H20N4O2/c1-4-14-5-7-15(8-6-14)23-19(25)17-18(20(23)26)24(22-21-17)16-10-12(2)9-13(3)11-16/h5-11,17-18H,4H2,1-3H3/t17-,18-/m1/s1. The molecule has 0 N–H and O–H groups in total. The molecule has 2 aliphatic heterocycles. The minimum Gasteiger partial charge on any atom is -0.271 e. The Balaban J connectivity index is 1.68. The number of carbonyl (C=O) groups excluding carboxylic acids is 2. The van der Waals surface area contributed by atoms with E-state index in [9.17, 15) is 9.59 Å². The molecule has 6 nitrogen and oxygen atoms in total. The fraction of sp³-hybridized carbons (Fsp3) is 0.300. The summed E-state index contributed by atoms with van der Waals surface area (Å²) in [5.74, 6) is -0.603. The smallest absolute Gasteiger partial charge is 0.263 e. The highest BCUT2D eigenvalue weighted by Crippen LogP contribution is 2.35. The van der Waals surface area contributed by atoms with E-state index in [1.807, 2.05) is 50.2 Å². The molecule has 2 amide bonds. The van der Waals surface area contributed by atoms with Crippen LogP contribution in [-0.2, 0) is 16.0 Å². The van der Waals surface area contributed by atoms with E-state index in [0.717, 1.165) is 28.8 Å². The lowest BCUT2D eigenvalue weighted by atomic mass is 10.1. The lowest BCUT2D eigenvalue weighted by molar-refractivity contribution is -0.121. The second-order valence-corrected chi connectivity index (χ2v) is 6.82. The van der Waals surface area contributed by atoms with Crippen molar-refractivity contribution in [1.29, 1.82) is 0 Å². The fourth-order valence-corrected chi connectivity index (χ4v) is 3.59. The molecule has 26 heavy (non-hydrogen) atoms. The van der Waals surface area contributed by atoms with E-state index in [1.54, 1.807) is 5.01 Å². The quantitative estimate of drug-likeness (QED) is 0.799. The van der Waals surface area contributed by atoms with Crippen molar-refractivity contribution in [3.63, 3.8) is 0 Å². The second-order valence-electron chi connectivity index (χ2n) is 6.82. The highest BCUT2D eigenvalue weighted by atomic mass is 16.2. The van der Waals surface area contributed by atoms with Gasteiger partial charge in [0.05, 0.1) is 11.4 Å². The second kappa shape index (κ2) is 6.05. The summed E-state index contributed by atoms with van der Waals surface area (Å²) in [5, 5.41) is 9.79. The number of hydrogen-bond acceptors (Lipinski definition) is 5. The summed E-state index contributed by atoms with van der Waals surface area (Å²) in [5.41, 5.74) is 4.67. The van der Waals surface area contributed by atoms with Gasteiger partial charge in [0.15, 0.2) is 12.1 Å². The Bertz CT molecular complexity index is 900. The topological polar surface area (TPSA) is 65.3 Å². The molecule has 2 aromatic rings. The Kier molecular flexibility index (Phi) is 3.83. The first-order valence-corrected chi connectivity index (χ1v) is 8.74. The molecule has 0 unspecified atom stereocenters. The van der Waals surface area contributed by atoms with Crippen LogP contribution in [0.25, 0.3) is 0 Å². The van der Waals surface area contributed by atoms with E-state index >= 15 is 0 Å². The van der Waals surface area contributed by atoms with Crippen LogP contribution in [-0.4, -0.2) is 23.9 Å². The average Bonchev–Trinajstić information content (AvgIpc) is 3.15. The molecule has 2 aliphatic rings. The third-order valence-electron chi connectivity index (χ3n) is 4.86. The molecule has 2 heterocycles. The van der Waals surface area contributed by atoms with Gasteiger partial charge in [0.2, 0.25) is 0 Å². The molecule has 0 spiro atoms. The van der Waals surface area contributed by atoms with E-state index in [2.05, 4.69) is 23.3 Å². The van der Waals surface area contributed by atoms with Crippen LogP contribution in [0.15, 0.2) is 52.8 Å². The minimum atomic E-state index is -0.783. The van der Waals surface area contributed by atoms with E-state index in [-0.39, 0.29) is 11.8 Å². The number of rotatable bonds is 3. The van der Waals surface area contributed by atoms with Crippen LogP contribution in [0.2, 0.25) is 0 Å². The van der Waals surface area contributed by atoms with Crippen LogP contribution < -0.4 is 9.91 Å². The molecule has 6 heteroatoms. The zero-order valence-corrected chi connectivity index (χ0v) is 15.0. The zero-order valence-electron chi connectivity index (χ0n) is 15.0. The summed E-state index contributed by atoms with van der Waals surface area (Å²) < 4.78 is 0. The van der Waals surface area contributed by atoms with Gasteiger partial charge in [-0.1, -0.05) is 30.3 Å². The number of imide groups is 1. The monoisotopic (exact) mass is 348 g/mol. The van der Waals surface area contributed by atoms with Gasteiger partial charge in [-0.05, 0) is 61.2 Å². The van der Waals surface area contributed by atoms with Gasteiger partial charge in [0, 0.05) is 0 Å². The molecule has 2 atom stereocenters. The minimum absolute atomic E-state index is 0.284. The van der Waals surface area contributed by atoms with Gasteiger partial charge >= 0.3 is 0 Å².